The van der Waals surface area contributed by atoms with Crippen LogP contribution in [-0.4, -0.2) is 20.6 Å². The molecule has 0 heterocycles. The topological polar surface area (TPSA) is 37.3 Å². The second-order valence-electron chi connectivity index (χ2n) is 4.80. The Morgan fingerprint density at radius 1 is 1.00 bits per heavy atom. The van der Waals surface area contributed by atoms with E-state index in [1.807, 2.05) is 42.1 Å². The average Bonchev–Trinajstić information content (AvgIpc) is 2.49. The molecule has 2 aromatic rings. The number of aliphatic carboxylic acids is 1. The lowest BCUT2D eigenvalue weighted by Gasteiger charge is -2.16. The van der Waals surface area contributed by atoms with E-state index >= 15 is 0 Å². The standard InChI is InChI=1S/C17H18O2Si/c1-13(17(18)19)12-20-16(14-8-4-2-5-9-14)15-10-6-3-7-11-15/h2-12,16H,20H2,1H3,(H,18,19). The van der Waals surface area contributed by atoms with Gasteiger partial charge in [-0.15, -0.1) is 0 Å². The van der Waals surface area contributed by atoms with E-state index in [0.29, 0.717) is 11.1 Å². The second-order valence-corrected chi connectivity index (χ2v) is 6.50. The monoisotopic (exact) mass is 282 g/mol. The smallest absolute Gasteiger partial charge is 0.330 e. The molecule has 0 saturated heterocycles. The molecule has 0 saturated carbocycles. The van der Waals surface area contributed by atoms with Gasteiger partial charge in [0.15, 0.2) is 0 Å². The highest BCUT2D eigenvalue weighted by Gasteiger charge is 2.13. The van der Waals surface area contributed by atoms with Crippen molar-refractivity contribution in [3.05, 3.63) is 83.1 Å². The fraction of sp³-hybridized carbons (Fsp3) is 0.118. The third-order valence-electron chi connectivity index (χ3n) is 3.40. The molecule has 102 valence electrons. The van der Waals surface area contributed by atoms with Crippen molar-refractivity contribution in [3.63, 3.8) is 0 Å². The number of hydrogen-bond acceptors (Lipinski definition) is 1. The molecule has 0 aliphatic heterocycles. The second kappa shape index (κ2) is 6.87. The van der Waals surface area contributed by atoms with Crippen LogP contribution in [0.4, 0.5) is 0 Å². The molecule has 3 heteroatoms. The molecule has 1 N–H and O–H groups in total. The average molecular weight is 282 g/mol. The zero-order chi connectivity index (χ0) is 14.4. The number of benzene rings is 2. The predicted octanol–water partition coefficient (Wildman–Crippen LogP) is 2.93. The molecule has 0 aliphatic rings. The third kappa shape index (κ3) is 3.68. The van der Waals surface area contributed by atoms with Gasteiger partial charge in [-0.1, -0.05) is 66.4 Å². The molecular weight excluding hydrogens is 264 g/mol. The molecule has 0 unspecified atom stereocenters. The van der Waals surface area contributed by atoms with E-state index in [2.05, 4.69) is 24.3 Å². The lowest BCUT2D eigenvalue weighted by atomic mass is 10.0. The Labute approximate surface area is 121 Å². The fourth-order valence-corrected chi connectivity index (χ4v) is 4.07. The summed E-state index contributed by atoms with van der Waals surface area (Å²) in [5, 5.41) is 8.99. The van der Waals surface area contributed by atoms with E-state index in [1.165, 1.54) is 11.1 Å². The van der Waals surface area contributed by atoms with E-state index < -0.39 is 15.5 Å². The molecule has 0 aliphatic carbocycles. The van der Waals surface area contributed by atoms with Gasteiger partial charge in [0.25, 0.3) is 0 Å². The Balaban J connectivity index is 2.31. The number of carboxylic acid groups (broad SMARTS) is 1. The summed E-state index contributed by atoms with van der Waals surface area (Å²) in [7, 11) is -0.704. The van der Waals surface area contributed by atoms with Crippen molar-refractivity contribution in [3.8, 4) is 0 Å². The Morgan fingerprint density at radius 3 is 1.85 bits per heavy atom. The first-order chi connectivity index (χ1) is 9.68. The summed E-state index contributed by atoms with van der Waals surface area (Å²) in [6.07, 6.45) is 0. The molecular formula is C17H18O2Si. The Kier molecular flexibility index (Phi) is 4.90. The van der Waals surface area contributed by atoms with Crippen LogP contribution in [0.1, 0.15) is 23.6 Å². The zero-order valence-corrected chi connectivity index (χ0v) is 12.9. The van der Waals surface area contributed by atoms with Crippen LogP contribution in [-0.2, 0) is 4.79 Å². The summed E-state index contributed by atoms with van der Waals surface area (Å²) in [6.45, 7) is 1.67. The number of carbonyl (C=O) groups is 1. The first-order valence-corrected chi connectivity index (χ1v) is 8.31. The van der Waals surface area contributed by atoms with Crippen LogP contribution in [0.2, 0.25) is 0 Å². The van der Waals surface area contributed by atoms with E-state index in [0.717, 1.165) is 0 Å². The summed E-state index contributed by atoms with van der Waals surface area (Å²) >= 11 is 0. The van der Waals surface area contributed by atoms with Gasteiger partial charge < -0.3 is 5.11 Å². The summed E-state index contributed by atoms with van der Waals surface area (Å²) in [4.78, 5) is 10.9. The van der Waals surface area contributed by atoms with Crippen LogP contribution in [0.5, 0.6) is 0 Å². The minimum absolute atomic E-state index is 0.326. The van der Waals surface area contributed by atoms with Gasteiger partial charge in [0.05, 0.1) is 9.52 Å². The zero-order valence-electron chi connectivity index (χ0n) is 11.5. The SMILES string of the molecule is CC(=C[SiH2]C(c1ccccc1)c1ccccc1)C(=O)O. The van der Waals surface area contributed by atoms with Gasteiger partial charge in [0, 0.05) is 11.1 Å². The molecule has 2 rings (SSSR count). The molecule has 0 atom stereocenters. The molecule has 0 radical (unpaired) electrons. The highest BCUT2D eigenvalue weighted by atomic mass is 28.2. The predicted molar refractivity (Wildman–Crippen MR) is 84.7 cm³/mol. The summed E-state index contributed by atoms with van der Waals surface area (Å²) in [5.74, 6) is -0.822. The highest BCUT2D eigenvalue weighted by molar-refractivity contribution is 6.46. The van der Waals surface area contributed by atoms with Gasteiger partial charge in [-0.2, -0.15) is 0 Å². The van der Waals surface area contributed by atoms with Crippen LogP contribution in [0.3, 0.4) is 0 Å². The Hall–Kier alpha value is -2.13. The van der Waals surface area contributed by atoms with Crippen molar-refractivity contribution in [2.24, 2.45) is 0 Å². The van der Waals surface area contributed by atoms with E-state index in [9.17, 15) is 4.79 Å². The quantitative estimate of drug-likeness (QED) is 0.676. The van der Waals surface area contributed by atoms with Crippen LogP contribution < -0.4 is 0 Å². The molecule has 0 aromatic heterocycles. The van der Waals surface area contributed by atoms with E-state index in [1.54, 1.807) is 6.92 Å². The van der Waals surface area contributed by atoms with Crippen molar-refractivity contribution < 1.29 is 9.90 Å². The Morgan fingerprint density at radius 2 is 1.45 bits per heavy atom. The summed E-state index contributed by atoms with van der Waals surface area (Å²) in [6, 6.07) is 20.6. The van der Waals surface area contributed by atoms with Gasteiger partial charge in [-0.05, 0) is 18.1 Å². The minimum atomic E-state index is -0.822. The van der Waals surface area contributed by atoms with Gasteiger partial charge in [0.2, 0.25) is 0 Å². The maximum atomic E-state index is 10.9. The first kappa shape index (κ1) is 14.3. The highest BCUT2D eigenvalue weighted by Crippen LogP contribution is 2.23. The van der Waals surface area contributed by atoms with Crippen LogP contribution in [0, 0.1) is 0 Å². The van der Waals surface area contributed by atoms with Crippen molar-refractivity contribution in [2.75, 3.05) is 0 Å². The molecule has 0 amide bonds. The van der Waals surface area contributed by atoms with Gasteiger partial charge in [-0.25, -0.2) is 4.79 Å². The van der Waals surface area contributed by atoms with Crippen molar-refractivity contribution >= 4 is 15.5 Å². The number of hydrogen-bond donors (Lipinski definition) is 1. The van der Waals surface area contributed by atoms with Gasteiger partial charge in [-0.3, -0.25) is 0 Å². The van der Waals surface area contributed by atoms with Crippen molar-refractivity contribution in [2.45, 2.75) is 12.5 Å². The lowest BCUT2D eigenvalue weighted by molar-refractivity contribution is -0.132. The summed E-state index contributed by atoms with van der Waals surface area (Å²) < 4.78 is 0. The Bertz CT molecular complexity index is 551. The maximum Gasteiger partial charge on any atom is 0.330 e. The molecule has 20 heavy (non-hydrogen) atoms. The fourth-order valence-electron chi connectivity index (χ4n) is 2.22. The molecule has 2 nitrogen and oxygen atoms in total. The number of rotatable bonds is 5. The van der Waals surface area contributed by atoms with E-state index in [-0.39, 0.29) is 0 Å². The van der Waals surface area contributed by atoms with Gasteiger partial charge >= 0.3 is 5.97 Å². The molecule has 0 spiro atoms. The normalized spacial score (nSPS) is 12.2. The van der Waals surface area contributed by atoms with Crippen molar-refractivity contribution in [1.29, 1.82) is 0 Å². The molecule has 2 aromatic carbocycles. The third-order valence-corrected chi connectivity index (χ3v) is 5.66. The van der Waals surface area contributed by atoms with Gasteiger partial charge in [0.1, 0.15) is 0 Å². The maximum absolute atomic E-state index is 10.9. The lowest BCUT2D eigenvalue weighted by Crippen LogP contribution is -2.10. The molecule has 0 fully saturated rings. The molecule has 0 bridgehead atoms. The first-order valence-electron chi connectivity index (χ1n) is 6.68. The van der Waals surface area contributed by atoms with Crippen LogP contribution in [0.15, 0.2) is 71.9 Å². The minimum Gasteiger partial charge on any atom is -0.478 e. The summed E-state index contributed by atoms with van der Waals surface area (Å²) in [5.41, 5.74) is 5.24. The van der Waals surface area contributed by atoms with Crippen LogP contribution >= 0.6 is 0 Å². The van der Waals surface area contributed by atoms with Crippen LogP contribution in [0.25, 0.3) is 0 Å². The largest absolute Gasteiger partial charge is 0.478 e. The van der Waals surface area contributed by atoms with Crippen molar-refractivity contribution in [1.82, 2.24) is 0 Å². The number of carboxylic acids is 1. The van der Waals surface area contributed by atoms with E-state index in [4.69, 9.17) is 5.11 Å².